The lowest BCUT2D eigenvalue weighted by molar-refractivity contribution is -0.386. The van der Waals surface area contributed by atoms with E-state index in [1.807, 2.05) is 30.3 Å². The van der Waals surface area contributed by atoms with Gasteiger partial charge in [0.2, 0.25) is 5.76 Å². The molecule has 0 aliphatic heterocycles. The van der Waals surface area contributed by atoms with Crippen LogP contribution in [0.5, 0.6) is 11.5 Å². The first-order valence-corrected chi connectivity index (χ1v) is 8.72. The molecule has 0 unspecified atom stereocenters. The maximum Gasteiger partial charge on any atom is 0.338 e. The molecule has 0 amide bonds. The first-order valence-electron chi connectivity index (χ1n) is 8.72. The molecule has 0 bridgehead atoms. The van der Waals surface area contributed by atoms with Crippen molar-refractivity contribution >= 4 is 23.5 Å². The van der Waals surface area contributed by atoms with Crippen molar-refractivity contribution < 1.29 is 23.8 Å². The van der Waals surface area contributed by atoms with Gasteiger partial charge in [-0.3, -0.25) is 20.2 Å². The molecule has 1 aromatic heterocycles. The second-order valence-electron chi connectivity index (χ2n) is 6.16. The highest BCUT2D eigenvalue weighted by Gasteiger charge is 2.23. The SMILES string of the molecule is COc1cc(C=Cc2onc(C)c2[N+](=O)[O-])c([N+](=O)[O-])cc1OCc1ccccc1. The molecule has 0 atom stereocenters. The van der Waals surface area contributed by atoms with Crippen molar-refractivity contribution in [2.75, 3.05) is 7.11 Å². The second-order valence-corrected chi connectivity index (χ2v) is 6.16. The quantitative estimate of drug-likeness (QED) is 0.389. The van der Waals surface area contributed by atoms with E-state index < -0.39 is 9.85 Å². The second kappa shape index (κ2) is 8.86. The lowest BCUT2D eigenvalue weighted by Gasteiger charge is -2.12. The average Bonchev–Trinajstić information content (AvgIpc) is 3.11. The predicted molar refractivity (Wildman–Crippen MR) is 107 cm³/mol. The first-order chi connectivity index (χ1) is 14.4. The standard InChI is InChI=1S/C20H17N3O7/c1-13-20(23(26)27)17(30-21-13)9-8-15-10-18(28-2)19(11-16(15)22(24)25)29-12-14-6-4-3-5-7-14/h3-11H,12H2,1-2H3. The van der Waals surface area contributed by atoms with Gasteiger partial charge in [-0.25, -0.2) is 0 Å². The van der Waals surface area contributed by atoms with Crippen molar-refractivity contribution in [3.05, 3.63) is 85.3 Å². The van der Waals surface area contributed by atoms with E-state index in [-0.39, 0.29) is 46.5 Å². The van der Waals surface area contributed by atoms with Gasteiger partial charge in [-0.1, -0.05) is 35.5 Å². The van der Waals surface area contributed by atoms with Crippen LogP contribution in [0.15, 0.2) is 47.0 Å². The van der Waals surface area contributed by atoms with Crippen LogP contribution < -0.4 is 9.47 Å². The van der Waals surface area contributed by atoms with Crippen LogP contribution in [0.25, 0.3) is 12.2 Å². The molecule has 0 saturated carbocycles. The Kier molecular flexibility index (Phi) is 6.06. The zero-order valence-corrected chi connectivity index (χ0v) is 16.1. The van der Waals surface area contributed by atoms with Gasteiger partial charge in [-0.15, -0.1) is 0 Å². The number of nitro benzene ring substituents is 1. The summed E-state index contributed by atoms with van der Waals surface area (Å²) in [6, 6.07) is 12.0. The molecule has 10 heteroatoms. The van der Waals surface area contributed by atoms with Crippen molar-refractivity contribution in [2.24, 2.45) is 0 Å². The third-order valence-electron chi connectivity index (χ3n) is 4.20. The Morgan fingerprint density at radius 2 is 1.80 bits per heavy atom. The normalized spacial score (nSPS) is 10.9. The van der Waals surface area contributed by atoms with Gasteiger partial charge in [0.15, 0.2) is 17.2 Å². The van der Waals surface area contributed by atoms with E-state index in [4.69, 9.17) is 14.0 Å². The average molecular weight is 411 g/mol. The van der Waals surface area contributed by atoms with E-state index in [1.165, 1.54) is 38.3 Å². The van der Waals surface area contributed by atoms with Crippen LogP contribution >= 0.6 is 0 Å². The predicted octanol–water partition coefficient (Wildman–Crippen LogP) is 4.56. The Hall–Kier alpha value is -4.21. The Balaban J connectivity index is 1.95. The molecule has 0 spiro atoms. The summed E-state index contributed by atoms with van der Waals surface area (Å²) in [5.74, 6) is 0.362. The monoisotopic (exact) mass is 411 g/mol. The molecule has 0 fully saturated rings. The van der Waals surface area contributed by atoms with Crippen LogP contribution in [0, 0.1) is 27.2 Å². The number of ether oxygens (including phenoxy) is 2. The van der Waals surface area contributed by atoms with Gasteiger partial charge < -0.3 is 14.0 Å². The summed E-state index contributed by atoms with van der Waals surface area (Å²) in [5, 5.41) is 26.3. The van der Waals surface area contributed by atoms with E-state index in [0.29, 0.717) is 0 Å². The third kappa shape index (κ3) is 4.43. The Bertz CT molecular complexity index is 1110. The van der Waals surface area contributed by atoms with Crippen LogP contribution in [-0.2, 0) is 6.61 Å². The minimum atomic E-state index is -0.624. The van der Waals surface area contributed by atoms with Crippen LogP contribution in [0.3, 0.4) is 0 Å². The zero-order chi connectivity index (χ0) is 21.7. The number of hydrogen-bond donors (Lipinski definition) is 0. The van der Waals surface area contributed by atoms with Crippen molar-refractivity contribution in [1.82, 2.24) is 5.16 Å². The maximum absolute atomic E-state index is 11.6. The number of aromatic nitrogens is 1. The van der Waals surface area contributed by atoms with Crippen LogP contribution in [0.1, 0.15) is 22.6 Å². The van der Waals surface area contributed by atoms with Gasteiger partial charge in [0.25, 0.3) is 5.69 Å². The molecular weight excluding hydrogens is 394 g/mol. The molecule has 3 aromatic rings. The lowest BCUT2D eigenvalue weighted by Crippen LogP contribution is -2.00. The number of methoxy groups -OCH3 is 1. The highest BCUT2D eigenvalue weighted by molar-refractivity contribution is 5.77. The summed E-state index contributed by atoms with van der Waals surface area (Å²) < 4.78 is 15.9. The van der Waals surface area contributed by atoms with E-state index in [1.54, 1.807) is 0 Å². The Labute approximate surface area is 170 Å². The van der Waals surface area contributed by atoms with Crippen molar-refractivity contribution in [3.63, 3.8) is 0 Å². The number of nitro groups is 2. The number of nitrogens with zero attached hydrogens (tertiary/aromatic N) is 3. The van der Waals surface area contributed by atoms with E-state index in [9.17, 15) is 20.2 Å². The number of rotatable bonds is 8. The lowest BCUT2D eigenvalue weighted by atomic mass is 10.1. The Morgan fingerprint density at radius 1 is 1.07 bits per heavy atom. The highest BCUT2D eigenvalue weighted by atomic mass is 16.6. The van der Waals surface area contributed by atoms with Crippen molar-refractivity contribution in [2.45, 2.75) is 13.5 Å². The van der Waals surface area contributed by atoms with Gasteiger partial charge in [-0.2, -0.15) is 0 Å². The zero-order valence-electron chi connectivity index (χ0n) is 16.1. The molecule has 0 saturated heterocycles. The molecule has 1 heterocycles. The molecule has 154 valence electrons. The molecule has 0 aliphatic rings. The van der Waals surface area contributed by atoms with Crippen LogP contribution in [0.2, 0.25) is 0 Å². The molecule has 0 aliphatic carbocycles. The summed E-state index contributed by atoms with van der Waals surface area (Å²) in [7, 11) is 1.41. The van der Waals surface area contributed by atoms with Gasteiger partial charge >= 0.3 is 5.69 Å². The minimum absolute atomic E-state index is 0.108. The van der Waals surface area contributed by atoms with Gasteiger partial charge in [0.05, 0.1) is 28.6 Å². The molecule has 30 heavy (non-hydrogen) atoms. The smallest absolute Gasteiger partial charge is 0.338 e. The molecule has 10 nitrogen and oxygen atoms in total. The highest BCUT2D eigenvalue weighted by Crippen LogP contribution is 2.36. The number of aryl methyl sites for hydroxylation is 1. The fraction of sp³-hybridized carbons (Fsp3) is 0.150. The molecule has 2 aromatic carbocycles. The summed E-state index contributed by atoms with van der Waals surface area (Å²) in [6.45, 7) is 1.64. The van der Waals surface area contributed by atoms with Crippen LogP contribution in [-0.4, -0.2) is 22.1 Å². The van der Waals surface area contributed by atoms with Crippen molar-refractivity contribution in [3.8, 4) is 11.5 Å². The first kappa shape index (κ1) is 20.5. The van der Waals surface area contributed by atoms with E-state index in [2.05, 4.69) is 5.16 Å². The molecule has 0 N–H and O–H groups in total. The minimum Gasteiger partial charge on any atom is -0.493 e. The largest absolute Gasteiger partial charge is 0.493 e. The summed E-state index contributed by atoms with van der Waals surface area (Å²) in [4.78, 5) is 21.5. The number of hydrogen-bond acceptors (Lipinski definition) is 8. The molecule has 3 rings (SSSR count). The molecular formula is C20H17N3O7. The third-order valence-corrected chi connectivity index (χ3v) is 4.20. The summed E-state index contributed by atoms with van der Waals surface area (Å²) in [6.07, 6.45) is 2.58. The summed E-state index contributed by atoms with van der Waals surface area (Å²) >= 11 is 0. The van der Waals surface area contributed by atoms with Crippen LogP contribution in [0.4, 0.5) is 11.4 Å². The maximum atomic E-state index is 11.6. The van der Waals surface area contributed by atoms with E-state index >= 15 is 0 Å². The van der Waals surface area contributed by atoms with E-state index in [0.717, 1.165) is 5.56 Å². The summed E-state index contributed by atoms with van der Waals surface area (Å²) in [5.41, 5.74) is 0.598. The molecule has 0 radical (unpaired) electrons. The van der Waals surface area contributed by atoms with Gasteiger partial charge in [0.1, 0.15) is 6.61 Å². The van der Waals surface area contributed by atoms with Gasteiger partial charge in [-0.05, 0) is 30.7 Å². The number of benzene rings is 2. The topological polar surface area (TPSA) is 131 Å². The Morgan fingerprint density at radius 3 is 2.43 bits per heavy atom. The fourth-order valence-electron chi connectivity index (χ4n) is 2.74. The fourth-order valence-corrected chi connectivity index (χ4v) is 2.74. The van der Waals surface area contributed by atoms with Crippen molar-refractivity contribution in [1.29, 1.82) is 0 Å². The van der Waals surface area contributed by atoms with Gasteiger partial charge in [0, 0.05) is 0 Å².